The van der Waals surface area contributed by atoms with E-state index in [4.69, 9.17) is 14.2 Å². The molecular formula is C28H28F3NO4. The highest BCUT2D eigenvalue weighted by Crippen LogP contribution is 2.43. The average Bonchev–Trinajstić information content (AvgIpc) is 2.86. The Labute approximate surface area is 207 Å². The van der Waals surface area contributed by atoms with Gasteiger partial charge in [0.1, 0.15) is 23.7 Å². The maximum atomic E-state index is 13.6. The molecule has 0 aliphatic carbocycles. The van der Waals surface area contributed by atoms with Gasteiger partial charge in [0.25, 0.3) is 5.91 Å². The van der Waals surface area contributed by atoms with Gasteiger partial charge in [0, 0.05) is 35.0 Å². The van der Waals surface area contributed by atoms with Crippen LogP contribution in [0.25, 0.3) is 10.8 Å². The molecule has 8 heteroatoms. The number of hydrogen-bond donors (Lipinski definition) is 0. The van der Waals surface area contributed by atoms with Crippen molar-refractivity contribution in [2.45, 2.75) is 45.1 Å². The van der Waals surface area contributed by atoms with E-state index in [1.165, 1.54) is 12.1 Å². The van der Waals surface area contributed by atoms with Gasteiger partial charge in [0.2, 0.25) is 0 Å². The summed E-state index contributed by atoms with van der Waals surface area (Å²) in [5, 5.41) is 1.58. The van der Waals surface area contributed by atoms with Crippen molar-refractivity contribution in [3.05, 3.63) is 70.8 Å². The van der Waals surface area contributed by atoms with Gasteiger partial charge in [0.05, 0.1) is 18.8 Å². The Morgan fingerprint density at radius 1 is 1.06 bits per heavy atom. The zero-order chi connectivity index (χ0) is 25.5. The molecule has 0 radical (unpaired) electrons. The second-order valence-electron chi connectivity index (χ2n) is 9.83. The average molecular weight is 500 g/mol. The van der Waals surface area contributed by atoms with Crippen LogP contribution in [0.3, 0.4) is 0 Å². The van der Waals surface area contributed by atoms with E-state index in [9.17, 15) is 18.0 Å². The molecule has 0 spiro atoms. The van der Waals surface area contributed by atoms with Crippen LogP contribution >= 0.6 is 0 Å². The maximum Gasteiger partial charge on any atom is 0.416 e. The van der Waals surface area contributed by atoms with Crippen molar-refractivity contribution in [1.29, 1.82) is 0 Å². The van der Waals surface area contributed by atoms with Crippen molar-refractivity contribution in [1.82, 2.24) is 4.90 Å². The summed E-state index contributed by atoms with van der Waals surface area (Å²) in [7, 11) is 0. The minimum absolute atomic E-state index is 0.0581. The van der Waals surface area contributed by atoms with Crippen LogP contribution in [0, 0.1) is 0 Å². The first-order valence-electron chi connectivity index (χ1n) is 12.1. The van der Waals surface area contributed by atoms with E-state index in [0.29, 0.717) is 48.9 Å². The third kappa shape index (κ3) is 4.87. The Morgan fingerprint density at radius 3 is 2.47 bits per heavy atom. The van der Waals surface area contributed by atoms with E-state index in [1.54, 1.807) is 11.0 Å². The van der Waals surface area contributed by atoms with Crippen LogP contribution in [-0.4, -0.2) is 42.7 Å². The number of alkyl halides is 3. The largest absolute Gasteiger partial charge is 0.488 e. The summed E-state index contributed by atoms with van der Waals surface area (Å²) >= 11 is 0. The van der Waals surface area contributed by atoms with Crippen LogP contribution in [-0.2, 0) is 23.9 Å². The standard InChI is InChI=1S/C28H28F3NO4/c1-27(2)11-10-21-23(26(33)32-12-14-34-15-13-32)16-22-20(25(21)36-27)4-3-5-24(22)35-17-18-6-8-19(9-7-18)28(29,30)31/h3-9,16H,10-15,17H2,1-2H3. The Hall–Kier alpha value is -3.26. The first-order chi connectivity index (χ1) is 17.1. The predicted molar refractivity (Wildman–Crippen MR) is 129 cm³/mol. The van der Waals surface area contributed by atoms with Crippen LogP contribution in [0.4, 0.5) is 13.2 Å². The van der Waals surface area contributed by atoms with E-state index in [0.717, 1.165) is 41.3 Å². The molecule has 0 saturated carbocycles. The Kier molecular flexibility index (Phi) is 6.32. The van der Waals surface area contributed by atoms with Gasteiger partial charge < -0.3 is 19.1 Å². The number of amides is 1. The molecular weight excluding hydrogens is 471 g/mol. The number of benzene rings is 3. The summed E-state index contributed by atoms with van der Waals surface area (Å²) in [5.41, 5.74) is 1.03. The first kappa shape index (κ1) is 24.4. The highest BCUT2D eigenvalue weighted by molar-refractivity contribution is 6.05. The third-order valence-electron chi connectivity index (χ3n) is 6.76. The summed E-state index contributed by atoms with van der Waals surface area (Å²) < 4.78 is 56.6. The van der Waals surface area contributed by atoms with Crippen molar-refractivity contribution >= 4 is 16.7 Å². The number of carbonyl (C=O) groups excluding carboxylic acids is 1. The molecule has 0 N–H and O–H groups in total. The van der Waals surface area contributed by atoms with Gasteiger partial charge in [-0.2, -0.15) is 13.2 Å². The van der Waals surface area contributed by atoms with E-state index < -0.39 is 11.7 Å². The molecule has 1 amide bonds. The van der Waals surface area contributed by atoms with Crippen LogP contribution in [0.5, 0.6) is 11.5 Å². The number of ether oxygens (including phenoxy) is 3. The molecule has 1 saturated heterocycles. The van der Waals surface area contributed by atoms with Gasteiger partial charge in [-0.15, -0.1) is 0 Å². The van der Waals surface area contributed by atoms with Crippen molar-refractivity contribution in [2.75, 3.05) is 26.3 Å². The molecule has 0 unspecified atom stereocenters. The molecule has 2 aliphatic rings. The van der Waals surface area contributed by atoms with E-state index in [1.807, 2.05) is 32.0 Å². The lowest BCUT2D eigenvalue weighted by molar-refractivity contribution is -0.137. The number of nitrogens with zero attached hydrogens (tertiary/aromatic N) is 1. The quantitative estimate of drug-likeness (QED) is 0.441. The molecule has 2 aliphatic heterocycles. The fourth-order valence-corrected chi connectivity index (χ4v) is 4.73. The number of hydrogen-bond acceptors (Lipinski definition) is 4. The van der Waals surface area contributed by atoms with Gasteiger partial charge in [-0.3, -0.25) is 4.79 Å². The second kappa shape index (κ2) is 9.32. The topological polar surface area (TPSA) is 48.0 Å². The molecule has 5 nitrogen and oxygen atoms in total. The zero-order valence-corrected chi connectivity index (χ0v) is 20.3. The van der Waals surface area contributed by atoms with E-state index in [2.05, 4.69) is 0 Å². The van der Waals surface area contributed by atoms with Gasteiger partial charge in [-0.25, -0.2) is 0 Å². The van der Waals surface area contributed by atoms with Gasteiger partial charge in [-0.05, 0) is 56.5 Å². The van der Waals surface area contributed by atoms with Gasteiger partial charge in [0.15, 0.2) is 0 Å². The molecule has 0 aromatic heterocycles. The van der Waals surface area contributed by atoms with E-state index in [-0.39, 0.29) is 18.1 Å². The smallest absolute Gasteiger partial charge is 0.416 e. The summed E-state index contributed by atoms with van der Waals surface area (Å²) in [4.78, 5) is 15.4. The lowest BCUT2D eigenvalue weighted by atomic mass is 9.88. The second-order valence-corrected chi connectivity index (χ2v) is 9.83. The molecule has 0 atom stereocenters. The molecule has 190 valence electrons. The number of rotatable bonds is 4. The zero-order valence-electron chi connectivity index (χ0n) is 20.3. The molecule has 0 bridgehead atoms. The lowest BCUT2D eigenvalue weighted by Crippen LogP contribution is -2.41. The molecule has 3 aromatic rings. The lowest BCUT2D eigenvalue weighted by Gasteiger charge is -2.35. The summed E-state index contributed by atoms with van der Waals surface area (Å²) in [6.07, 6.45) is -2.87. The highest BCUT2D eigenvalue weighted by atomic mass is 19.4. The summed E-state index contributed by atoms with van der Waals surface area (Å²) in [5.74, 6) is 1.18. The van der Waals surface area contributed by atoms with Crippen molar-refractivity contribution in [3.63, 3.8) is 0 Å². The van der Waals surface area contributed by atoms with Crippen LogP contribution in [0.2, 0.25) is 0 Å². The molecule has 5 rings (SSSR count). The maximum absolute atomic E-state index is 13.6. The van der Waals surface area contributed by atoms with Gasteiger partial charge in [-0.1, -0.05) is 24.3 Å². The number of fused-ring (bicyclic) bond motifs is 3. The third-order valence-corrected chi connectivity index (χ3v) is 6.76. The van der Waals surface area contributed by atoms with Crippen molar-refractivity contribution < 1.29 is 32.2 Å². The molecule has 3 aromatic carbocycles. The molecule has 2 heterocycles. The SMILES string of the molecule is CC1(C)CCc2c(C(=O)N3CCOCC3)cc3c(OCc4ccc(C(F)(F)F)cc4)cccc3c2O1. The fraction of sp³-hybridized carbons (Fsp3) is 0.393. The summed E-state index contributed by atoms with van der Waals surface area (Å²) in [6.45, 7) is 6.23. The van der Waals surface area contributed by atoms with Crippen LogP contribution in [0.15, 0.2) is 48.5 Å². The minimum Gasteiger partial charge on any atom is -0.488 e. The molecule has 1 fully saturated rings. The highest BCUT2D eigenvalue weighted by Gasteiger charge is 2.33. The Balaban J connectivity index is 1.52. The van der Waals surface area contributed by atoms with Crippen LogP contribution < -0.4 is 9.47 Å². The van der Waals surface area contributed by atoms with Crippen LogP contribution in [0.1, 0.15) is 47.3 Å². The van der Waals surface area contributed by atoms with Gasteiger partial charge >= 0.3 is 6.18 Å². The number of carbonyl (C=O) groups is 1. The van der Waals surface area contributed by atoms with Crippen molar-refractivity contribution in [3.8, 4) is 11.5 Å². The number of halogens is 3. The Bertz CT molecular complexity index is 1280. The summed E-state index contributed by atoms with van der Waals surface area (Å²) in [6, 6.07) is 12.4. The molecule has 36 heavy (non-hydrogen) atoms. The number of morpholine rings is 1. The first-order valence-corrected chi connectivity index (χ1v) is 12.1. The minimum atomic E-state index is -4.38. The Morgan fingerprint density at radius 2 is 1.78 bits per heavy atom. The van der Waals surface area contributed by atoms with Crippen molar-refractivity contribution in [2.24, 2.45) is 0 Å². The van der Waals surface area contributed by atoms with E-state index >= 15 is 0 Å². The monoisotopic (exact) mass is 499 g/mol. The normalized spacial score (nSPS) is 17.4. The predicted octanol–water partition coefficient (Wildman–Crippen LogP) is 6.01. The fourth-order valence-electron chi connectivity index (χ4n) is 4.73.